The number of halogens is 1. The monoisotopic (exact) mass is 215 g/mol. The molecule has 0 aliphatic heterocycles. The van der Waals surface area contributed by atoms with E-state index in [-0.39, 0.29) is 6.04 Å². The average Bonchev–Trinajstić information content (AvgIpc) is 2.51. The van der Waals surface area contributed by atoms with Crippen LogP contribution in [0.2, 0.25) is 5.15 Å². The van der Waals surface area contributed by atoms with Gasteiger partial charge in [-0.25, -0.2) is 4.98 Å². The lowest BCUT2D eigenvalue weighted by molar-refractivity contribution is 0.700. The average molecular weight is 216 g/mol. The highest BCUT2D eigenvalue weighted by Gasteiger charge is 2.12. The normalized spacial score (nSPS) is 12.2. The Kier molecular flexibility index (Phi) is 3.52. The van der Waals surface area contributed by atoms with Gasteiger partial charge >= 0.3 is 0 Å². The van der Waals surface area contributed by atoms with Crippen LogP contribution >= 0.6 is 22.9 Å². The largest absolute Gasteiger partial charge is 0.347 e. The van der Waals surface area contributed by atoms with Crippen molar-refractivity contribution in [3.63, 3.8) is 0 Å². The van der Waals surface area contributed by atoms with Gasteiger partial charge in [-0.2, -0.15) is 5.26 Å². The number of nitriles is 1. The van der Waals surface area contributed by atoms with E-state index >= 15 is 0 Å². The van der Waals surface area contributed by atoms with Gasteiger partial charge in [0.1, 0.15) is 5.15 Å². The van der Waals surface area contributed by atoms with Gasteiger partial charge < -0.3 is 4.90 Å². The Hall–Kier alpha value is -0.790. The van der Waals surface area contributed by atoms with Gasteiger partial charge in [-0.15, -0.1) is 11.3 Å². The summed E-state index contributed by atoms with van der Waals surface area (Å²) >= 11 is 7.18. The van der Waals surface area contributed by atoms with E-state index < -0.39 is 0 Å². The Morgan fingerprint density at radius 1 is 1.85 bits per heavy atom. The van der Waals surface area contributed by atoms with Crippen LogP contribution < -0.4 is 4.90 Å². The van der Waals surface area contributed by atoms with Crippen molar-refractivity contribution in [1.82, 2.24) is 4.98 Å². The molecule has 0 amide bonds. The summed E-state index contributed by atoms with van der Waals surface area (Å²) in [4.78, 5) is 6.07. The molecular formula is C8H10ClN3S. The number of rotatable bonds is 3. The number of nitrogens with zero attached hydrogens (tertiary/aromatic N) is 3. The van der Waals surface area contributed by atoms with Crippen molar-refractivity contribution in [2.45, 2.75) is 19.4 Å². The van der Waals surface area contributed by atoms with Crippen molar-refractivity contribution in [2.24, 2.45) is 0 Å². The Morgan fingerprint density at radius 2 is 2.54 bits per heavy atom. The van der Waals surface area contributed by atoms with Crippen LogP contribution in [0.15, 0.2) is 5.38 Å². The van der Waals surface area contributed by atoms with E-state index in [1.165, 1.54) is 11.3 Å². The first kappa shape index (κ1) is 10.3. The van der Waals surface area contributed by atoms with Crippen LogP contribution in [0.1, 0.15) is 13.3 Å². The molecule has 1 rings (SSSR count). The number of hydrogen-bond acceptors (Lipinski definition) is 4. The highest BCUT2D eigenvalue weighted by Crippen LogP contribution is 2.24. The third-order valence-corrected chi connectivity index (χ3v) is 3.07. The van der Waals surface area contributed by atoms with Crippen LogP contribution in [0.5, 0.6) is 0 Å². The van der Waals surface area contributed by atoms with Crippen molar-refractivity contribution >= 4 is 28.1 Å². The van der Waals surface area contributed by atoms with E-state index in [0.717, 1.165) is 5.13 Å². The lowest BCUT2D eigenvalue weighted by atomic mass is 10.2. The molecule has 0 fully saturated rings. The molecule has 0 aromatic carbocycles. The van der Waals surface area contributed by atoms with Gasteiger partial charge in [-0.3, -0.25) is 0 Å². The second kappa shape index (κ2) is 4.45. The minimum Gasteiger partial charge on any atom is -0.347 e. The molecular weight excluding hydrogens is 206 g/mol. The molecule has 0 saturated heterocycles. The highest BCUT2D eigenvalue weighted by atomic mass is 35.5. The van der Waals surface area contributed by atoms with Gasteiger partial charge in [0.15, 0.2) is 5.13 Å². The molecule has 1 aromatic heterocycles. The molecule has 0 saturated carbocycles. The summed E-state index contributed by atoms with van der Waals surface area (Å²) in [7, 11) is 1.91. The fourth-order valence-electron chi connectivity index (χ4n) is 0.865. The van der Waals surface area contributed by atoms with Crippen molar-refractivity contribution in [1.29, 1.82) is 5.26 Å². The Labute approximate surface area is 86.6 Å². The molecule has 1 aromatic rings. The quantitative estimate of drug-likeness (QED) is 0.778. The summed E-state index contributed by atoms with van der Waals surface area (Å²) in [5.41, 5.74) is 0. The molecule has 1 unspecified atom stereocenters. The molecule has 1 heterocycles. The SMILES string of the molecule is CC(CC#N)N(C)c1nc(Cl)cs1. The fraction of sp³-hybridized carbons (Fsp3) is 0.500. The van der Waals surface area contributed by atoms with E-state index in [2.05, 4.69) is 11.1 Å². The summed E-state index contributed by atoms with van der Waals surface area (Å²) in [5, 5.41) is 11.7. The molecule has 70 valence electrons. The van der Waals surface area contributed by atoms with Gasteiger partial charge in [0.05, 0.1) is 12.5 Å². The summed E-state index contributed by atoms with van der Waals surface area (Å²) in [6, 6.07) is 2.30. The zero-order chi connectivity index (χ0) is 9.84. The highest BCUT2D eigenvalue weighted by molar-refractivity contribution is 7.14. The van der Waals surface area contributed by atoms with Crippen LogP contribution in [-0.4, -0.2) is 18.1 Å². The molecule has 0 aliphatic rings. The van der Waals surface area contributed by atoms with Crippen molar-refractivity contribution in [2.75, 3.05) is 11.9 Å². The first-order valence-corrected chi connectivity index (χ1v) is 5.11. The van der Waals surface area contributed by atoms with Gasteiger partial charge in [0.25, 0.3) is 0 Å². The first-order chi connectivity index (χ1) is 6.15. The molecule has 5 heteroatoms. The Bertz CT molecular complexity index is 317. The van der Waals surface area contributed by atoms with E-state index in [0.29, 0.717) is 11.6 Å². The smallest absolute Gasteiger partial charge is 0.186 e. The van der Waals surface area contributed by atoms with Crippen LogP contribution in [-0.2, 0) is 0 Å². The second-order valence-electron chi connectivity index (χ2n) is 2.77. The van der Waals surface area contributed by atoms with Crippen LogP contribution in [0.3, 0.4) is 0 Å². The van der Waals surface area contributed by atoms with E-state index in [1.807, 2.05) is 18.9 Å². The predicted molar refractivity (Wildman–Crippen MR) is 55.2 cm³/mol. The van der Waals surface area contributed by atoms with Gasteiger partial charge in [-0.05, 0) is 6.92 Å². The Morgan fingerprint density at radius 3 is 3.00 bits per heavy atom. The van der Waals surface area contributed by atoms with Crippen LogP contribution in [0.25, 0.3) is 0 Å². The van der Waals surface area contributed by atoms with E-state index in [4.69, 9.17) is 16.9 Å². The first-order valence-electron chi connectivity index (χ1n) is 3.86. The lowest BCUT2D eigenvalue weighted by Crippen LogP contribution is -2.28. The second-order valence-corrected chi connectivity index (χ2v) is 4.00. The van der Waals surface area contributed by atoms with Crippen molar-refractivity contribution < 1.29 is 0 Å². The molecule has 0 spiro atoms. The van der Waals surface area contributed by atoms with E-state index in [1.54, 1.807) is 5.38 Å². The Balaban J connectivity index is 2.68. The maximum Gasteiger partial charge on any atom is 0.186 e. The minimum absolute atomic E-state index is 0.173. The molecule has 0 aliphatic carbocycles. The molecule has 1 atom stereocenters. The third kappa shape index (κ3) is 2.58. The molecule has 0 N–H and O–H groups in total. The van der Waals surface area contributed by atoms with Crippen LogP contribution in [0, 0.1) is 11.3 Å². The topological polar surface area (TPSA) is 39.9 Å². The van der Waals surface area contributed by atoms with Gasteiger partial charge in [0.2, 0.25) is 0 Å². The summed E-state index contributed by atoms with van der Waals surface area (Å²) in [5.74, 6) is 0. The molecule has 0 radical (unpaired) electrons. The summed E-state index contributed by atoms with van der Waals surface area (Å²) < 4.78 is 0. The summed E-state index contributed by atoms with van der Waals surface area (Å²) in [6.07, 6.45) is 0.494. The van der Waals surface area contributed by atoms with Gasteiger partial charge in [-0.1, -0.05) is 11.6 Å². The minimum atomic E-state index is 0.173. The predicted octanol–water partition coefficient (Wildman–Crippen LogP) is 2.53. The number of aromatic nitrogens is 1. The zero-order valence-electron chi connectivity index (χ0n) is 7.49. The van der Waals surface area contributed by atoms with Gasteiger partial charge in [0, 0.05) is 18.5 Å². The summed E-state index contributed by atoms with van der Waals surface area (Å²) in [6.45, 7) is 1.98. The molecule has 0 bridgehead atoms. The van der Waals surface area contributed by atoms with Crippen LogP contribution in [0.4, 0.5) is 5.13 Å². The van der Waals surface area contributed by atoms with Crippen molar-refractivity contribution in [3.8, 4) is 6.07 Å². The zero-order valence-corrected chi connectivity index (χ0v) is 9.06. The molecule has 13 heavy (non-hydrogen) atoms. The maximum atomic E-state index is 8.52. The maximum absolute atomic E-state index is 8.52. The number of hydrogen-bond donors (Lipinski definition) is 0. The lowest BCUT2D eigenvalue weighted by Gasteiger charge is -2.21. The standard InChI is InChI=1S/C8H10ClN3S/c1-6(3-4-10)12(2)8-11-7(9)5-13-8/h5-6H,3H2,1-2H3. The number of thiazole rings is 1. The van der Waals surface area contributed by atoms with Crippen molar-refractivity contribution in [3.05, 3.63) is 10.5 Å². The number of anilines is 1. The van der Waals surface area contributed by atoms with E-state index in [9.17, 15) is 0 Å². The molecule has 3 nitrogen and oxygen atoms in total. The fourth-order valence-corrected chi connectivity index (χ4v) is 1.88. The third-order valence-electron chi connectivity index (χ3n) is 1.81.